The van der Waals surface area contributed by atoms with Crippen LogP contribution in [0.25, 0.3) is 0 Å². The van der Waals surface area contributed by atoms with E-state index in [1.165, 1.54) is 29.3 Å². The second kappa shape index (κ2) is 9.85. The number of fused-ring (bicyclic) bond motifs is 3. The molecule has 2 aromatic carbocycles. The lowest BCUT2D eigenvalue weighted by Gasteiger charge is -2.35. The zero-order valence-electron chi connectivity index (χ0n) is 20.3. The maximum absolute atomic E-state index is 14.8. The minimum absolute atomic E-state index is 0.0533. The summed E-state index contributed by atoms with van der Waals surface area (Å²) in [6.45, 7) is 4.40. The van der Waals surface area contributed by atoms with Crippen molar-refractivity contribution in [1.29, 1.82) is 0 Å². The molecule has 3 aromatic rings. The number of aliphatic imine (C=N–C) groups is 1. The lowest BCUT2D eigenvalue weighted by molar-refractivity contribution is 0.0999. The molecule has 0 aliphatic carbocycles. The fourth-order valence-electron chi connectivity index (χ4n) is 4.83. The molecule has 0 bridgehead atoms. The van der Waals surface area contributed by atoms with Crippen molar-refractivity contribution in [2.24, 2.45) is 4.99 Å². The normalized spacial score (nSPS) is 17.4. The molecule has 38 heavy (non-hydrogen) atoms. The van der Waals surface area contributed by atoms with Crippen LogP contribution in [0.15, 0.2) is 41.5 Å². The Balaban J connectivity index is 1.31. The molecular formula is C25H22Cl3FN8O. The van der Waals surface area contributed by atoms with Crippen molar-refractivity contribution in [2.45, 2.75) is 0 Å². The molecule has 6 rings (SSSR count). The first kappa shape index (κ1) is 25.1. The van der Waals surface area contributed by atoms with Gasteiger partial charge in [-0.15, -0.1) is 0 Å². The van der Waals surface area contributed by atoms with Gasteiger partial charge in [-0.1, -0.05) is 40.9 Å². The number of amides is 1. The van der Waals surface area contributed by atoms with Gasteiger partial charge in [0.25, 0.3) is 5.91 Å². The maximum Gasteiger partial charge on any atom is 0.270 e. The first-order valence-electron chi connectivity index (χ1n) is 12.0. The molecule has 0 radical (unpaired) electrons. The Morgan fingerprint density at radius 1 is 0.974 bits per heavy atom. The summed E-state index contributed by atoms with van der Waals surface area (Å²) in [5, 5.41) is 4.27. The number of aromatic nitrogens is 2. The first-order valence-corrected chi connectivity index (χ1v) is 13.1. The van der Waals surface area contributed by atoms with Crippen LogP contribution in [0.3, 0.4) is 0 Å². The van der Waals surface area contributed by atoms with Crippen LogP contribution in [0.1, 0.15) is 10.4 Å². The molecule has 9 nitrogen and oxygen atoms in total. The number of anilines is 5. The second-order valence-electron chi connectivity index (χ2n) is 9.18. The second-order valence-corrected chi connectivity index (χ2v) is 10.4. The van der Waals surface area contributed by atoms with Gasteiger partial charge in [-0.25, -0.2) is 14.3 Å². The summed E-state index contributed by atoms with van der Waals surface area (Å²) in [5.41, 5.74) is 1.56. The Morgan fingerprint density at radius 3 is 2.42 bits per heavy atom. The van der Waals surface area contributed by atoms with E-state index in [1.807, 2.05) is 0 Å². The highest BCUT2D eigenvalue weighted by molar-refractivity contribution is 6.40. The highest BCUT2D eigenvalue weighted by atomic mass is 35.5. The summed E-state index contributed by atoms with van der Waals surface area (Å²) in [6.07, 6.45) is 1.41. The highest BCUT2D eigenvalue weighted by Gasteiger charge is 2.41. The molecule has 13 heteroatoms. The van der Waals surface area contributed by atoms with Gasteiger partial charge in [0.2, 0.25) is 11.9 Å². The molecule has 3 aliphatic heterocycles. The Kier molecular flexibility index (Phi) is 6.51. The number of rotatable bonds is 4. The number of carbonyl (C=O) groups is 1. The summed E-state index contributed by atoms with van der Waals surface area (Å²) in [7, 11) is 2.09. The zero-order valence-corrected chi connectivity index (χ0v) is 22.5. The van der Waals surface area contributed by atoms with Gasteiger partial charge in [0, 0.05) is 44.6 Å². The van der Waals surface area contributed by atoms with Crippen LogP contribution in [-0.2, 0) is 0 Å². The molecule has 4 heterocycles. The van der Waals surface area contributed by atoms with E-state index >= 15 is 0 Å². The fraction of sp³-hybridized carbons (Fsp3) is 0.280. The topological polar surface area (TPSA) is 80.2 Å². The average molecular weight is 576 g/mol. The third kappa shape index (κ3) is 4.31. The predicted molar refractivity (Wildman–Crippen MR) is 149 cm³/mol. The minimum atomic E-state index is -0.628. The number of hydrogen-bond donors (Lipinski definition) is 1. The quantitative estimate of drug-likeness (QED) is 0.474. The lowest BCUT2D eigenvalue weighted by Crippen LogP contribution is -2.51. The third-order valence-corrected chi connectivity index (χ3v) is 7.61. The largest absolute Gasteiger partial charge is 0.367 e. The van der Waals surface area contributed by atoms with Crippen LogP contribution in [-0.4, -0.2) is 73.1 Å². The smallest absolute Gasteiger partial charge is 0.270 e. The molecule has 0 unspecified atom stereocenters. The van der Waals surface area contributed by atoms with E-state index in [9.17, 15) is 9.18 Å². The van der Waals surface area contributed by atoms with Gasteiger partial charge < -0.3 is 15.1 Å². The molecule has 196 valence electrons. The van der Waals surface area contributed by atoms with Crippen LogP contribution in [0.2, 0.25) is 15.1 Å². The van der Waals surface area contributed by atoms with Crippen LogP contribution in [0, 0.1) is 5.82 Å². The SMILES string of the molecule is CN1CCN(c2c(Cl)cc(Nc3ncc4c(n3)N3CCN=C3N(c3c(F)cccc3Cl)C4=O)cc2Cl)CC1. The predicted octanol–water partition coefficient (Wildman–Crippen LogP) is 4.91. The Bertz CT molecular complexity index is 1430. The average Bonchev–Trinajstić information content (AvgIpc) is 3.36. The Hall–Kier alpha value is -3.18. The van der Waals surface area contributed by atoms with Crippen LogP contribution >= 0.6 is 34.8 Å². The highest BCUT2D eigenvalue weighted by Crippen LogP contribution is 2.39. The van der Waals surface area contributed by atoms with Crippen molar-refractivity contribution in [1.82, 2.24) is 14.9 Å². The van der Waals surface area contributed by atoms with E-state index in [2.05, 4.69) is 37.1 Å². The van der Waals surface area contributed by atoms with E-state index in [1.54, 1.807) is 17.0 Å². The number of hydrogen-bond acceptors (Lipinski definition) is 8. The number of likely N-dealkylation sites (N-methyl/N-ethyl adjacent to an activating group) is 1. The maximum atomic E-state index is 14.8. The molecule has 1 aromatic heterocycles. The summed E-state index contributed by atoms with van der Waals surface area (Å²) in [5.74, 6) is -0.255. The van der Waals surface area contributed by atoms with Gasteiger partial charge in [-0.05, 0) is 31.3 Å². The van der Waals surface area contributed by atoms with Crippen molar-refractivity contribution >= 4 is 75.5 Å². The molecule has 1 N–H and O–H groups in total. The van der Waals surface area contributed by atoms with Gasteiger partial charge in [0.1, 0.15) is 17.1 Å². The van der Waals surface area contributed by atoms with Gasteiger partial charge in [0.05, 0.1) is 27.3 Å². The minimum Gasteiger partial charge on any atom is -0.367 e. The number of nitrogens with zero attached hydrogens (tertiary/aromatic N) is 7. The standard InChI is InChI=1S/C25H22Cl3FN8O/c1-34-7-9-35(10-8-34)20-17(27)11-14(12-18(20)28)32-24-31-13-15-22(33-24)36-6-5-30-25(36)37(23(15)38)21-16(26)3-2-4-19(21)29/h2-4,11-13H,5-10H2,1H3,(H,31,32,33). The molecule has 3 aliphatic rings. The van der Waals surface area contributed by atoms with E-state index in [4.69, 9.17) is 34.8 Å². The number of piperazine rings is 1. The van der Waals surface area contributed by atoms with Crippen molar-refractivity contribution in [3.63, 3.8) is 0 Å². The Labute approximate surface area is 233 Å². The molecule has 1 saturated heterocycles. The Morgan fingerprint density at radius 2 is 1.71 bits per heavy atom. The molecule has 1 amide bonds. The van der Waals surface area contributed by atoms with E-state index < -0.39 is 11.7 Å². The van der Waals surface area contributed by atoms with E-state index in [0.29, 0.717) is 34.6 Å². The summed E-state index contributed by atoms with van der Waals surface area (Å²) in [4.78, 5) is 34.2. The number of carbonyl (C=O) groups excluding carboxylic acids is 1. The van der Waals surface area contributed by atoms with E-state index in [-0.39, 0.29) is 28.2 Å². The van der Waals surface area contributed by atoms with Crippen molar-refractivity contribution in [2.75, 3.05) is 66.3 Å². The molecule has 0 atom stereocenters. The van der Waals surface area contributed by atoms with Crippen LogP contribution < -0.4 is 20.0 Å². The van der Waals surface area contributed by atoms with Crippen molar-refractivity contribution < 1.29 is 9.18 Å². The van der Waals surface area contributed by atoms with Gasteiger partial charge >= 0.3 is 0 Å². The van der Waals surface area contributed by atoms with Gasteiger partial charge in [-0.2, -0.15) is 4.98 Å². The molecular weight excluding hydrogens is 554 g/mol. The molecule has 0 spiro atoms. The van der Waals surface area contributed by atoms with Crippen LogP contribution in [0.5, 0.6) is 0 Å². The lowest BCUT2D eigenvalue weighted by atomic mass is 10.1. The molecule has 0 saturated carbocycles. The number of halogens is 4. The third-order valence-electron chi connectivity index (χ3n) is 6.73. The summed E-state index contributed by atoms with van der Waals surface area (Å²) < 4.78 is 14.8. The van der Waals surface area contributed by atoms with Gasteiger partial charge in [-0.3, -0.25) is 14.7 Å². The summed E-state index contributed by atoms with van der Waals surface area (Å²) in [6, 6.07) is 7.81. The van der Waals surface area contributed by atoms with Crippen LogP contribution in [0.4, 0.5) is 33.2 Å². The van der Waals surface area contributed by atoms with Gasteiger partial charge in [0.15, 0.2) is 5.82 Å². The first-order chi connectivity index (χ1) is 18.3. The number of nitrogens with one attached hydrogen (secondary N) is 1. The fourth-order valence-corrected chi connectivity index (χ4v) is 5.81. The summed E-state index contributed by atoms with van der Waals surface area (Å²) >= 11 is 19.6. The van der Waals surface area contributed by atoms with Crippen molar-refractivity contribution in [3.05, 3.63) is 63.0 Å². The number of benzene rings is 2. The molecule has 1 fully saturated rings. The van der Waals surface area contributed by atoms with Crippen molar-refractivity contribution in [3.8, 4) is 0 Å². The monoisotopic (exact) mass is 574 g/mol. The number of para-hydroxylation sites is 1. The zero-order chi connectivity index (χ0) is 26.6. The van der Waals surface area contributed by atoms with E-state index in [0.717, 1.165) is 31.9 Å². The number of guanidine groups is 1.